The van der Waals surface area contributed by atoms with E-state index in [2.05, 4.69) is 140 Å². The molecule has 0 aromatic carbocycles. The summed E-state index contributed by atoms with van der Waals surface area (Å²) in [6.45, 7) is 45.6. The van der Waals surface area contributed by atoms with Crippen LogP contribution in [0.2, 0.25) is 0 Å². The minimum Gasteiger partial charge on any atom is -0.0996 e. The standard InChI is InChI=1S/C21H34.C18H30.C11H20.C7H16.2C2H6/c1-6-19(5)21-15-13-20(14-16-21)12-8-11-18(4)10-7-9-17(2)3;1-5-8-15(3)9-7-10-17-11-13-18(14-12-17)16(4)6-2;1-3-5-11-8-6-10(4-2)7-9-11;1-6(2)5-7(3)4;2*1-2/h9,11,13,21H,5-8,10,12,14-16H2,1-4H3;9,11,18H,4-8,10,12-14H2,1-3H3;6,11H,3-5,7-9H2,1-2H3;6-7H,5H2,1-4H3;2*1-2H3/b18-11+;15-9+;;;;. The summed E-state index contributed by atoms with van der Waals surface area (Å²) in [6, 6.07) is 0. The van der Waals surface area contributed by atoms with E-state index in [1.807, 2.05) is 27.7 Å². The molecule has 356 valence electrons. The molecule has 0 fully saturated rings. The molecule has 0 heteroatoms. The fourth-order valence-electron chi connectivity index (χ4n) is 8.62. The molecule has 0 aromatic heterocycles. The Morgan fingerprint density at radius 3 is 1.33 bits per heavy atom. The fraction of sp³-hybridized carbons (Fsp3) is 0.738. The van der Waals surface area contributed by atoms with E-state index in [9.17, 15) is 0 Å². The second kappa shape index (κ2) is 43.2. The minimum absolute atomic E-state index is 0.750. The number of allylic oxidation sites excluding steroid dienone is 14. The van der Waals surface area contributed by atoms with E-state index in [1.54, 1.807) is 27.9 Å². The van der Waals surface area contributed by atoms with Gasteiger partial charge in [0.25, 0.3) is 0 Å². The van der Waals surface area contributed by atoms with Crippen LogP contribution in [-0.4, -0.2) is 0 Å². The molecule has 0 amide bonds. The highest BCUT2D eigenvalue weighted by molar-refractivity contribution is 5.15. The van der Waals surface area contributed by atoms with Crippen LogP contribution in [0, 0.1) is 29.6 Å². The molecule has 0 heterocycles. The maximum Gasteiger partial charge on any atom is -0.0168 e. The molecule has 0 saturated heterocycles. The van der Waals surface area contributed by atoms with E-state index in [0.29, 0.717) is 0 Å². The average molecular weight is 846 g/mol. The van der Waals surface area contributed by atoms with Crippen molar-refractivity contribution < 1.29 is 0 Å². The van der Waals surface area contributed by atoms with Crippen LogP contribution in [0.3, 0.4) is 0 Å². The fourth-order valence-corrected chi connectivity index (χ4v) is 8.62. The molecule has 0 spiro atoms. The summed E-state index contributed by atoms with van der Waals surface area (Å²) in [7, 11) is 0. The second-order valence-electron chi connectivity index (χ2n) is 19.1. The number of rotatable bonds is 20. The lowest BCUT2D eigenvalue weighted by molar-refractivity contribution is 0.429. The zero-order valence-electron chi connectivity index (χ0n) is 45.0. The third-order valence-electron chi connectivity index (χ3n) is 12.4. The molecule has 0 saturated carbocycles. The summed E-state index contributed by atoms with van der Waals surface area (Å²) in [5.74, 6) is 4.27. The zero-order chi connectivity index (χ0) is 47.0. The van der Waals surface area contributed by atoms with Crippen molar-refractivity contribution in [2.45, 2.75) is 265 Å². The van der Waals surface area contributed by atoms with Gasteiger partial charge in [0, 0.05) is 0 Å². The molecule has 3 atom stereocenters. The molecule has 61 heavy (non-hydrogen) atoms. The van der Waals surface area contributed by atoms with Crippen molar-refractivity contribution in [3.63, 3.8) is 0 Å². The van der Waals surface area contributed by atoms with Crippen LogP contribution in [0.15, 0.2) is 94.2 Å². The van der Waals surface area contributed by atoms with Crippen molar-refractivity contribution in [1.29, 1.82) is 0 Å². The Bertz CT molecular complexity index is 1240. The van der Waals surface area contributed by atoms with Gasteiger partial charge in [-0.15, -0.1) is 0 Å². The highest BCUT2D eigenvalue weighted by Crippen LogP contribution is 2.33. The van der Waals surface area contributed by atoms with Gasteiger partial charge in [-0.1, -0.05) is 203 Å². The topological polar surface area (TPSA) is 0 Å². The van der Waals surface area contributed by atoms with Crippen molar-refractivity contribution in [2.75, 3.05) is 0 Å². The largest absolute Gasteiger partial charge is 0.0996 e. The lowest BCUT2D eigenvalue weighted by atomic mass is 9.83. The van der Waals surface area contributed by atoms with Gasteiger partial charge >= 0.3 is 0 Å². The molecule has 0 bridgehead atoms. The van der Waals surface area contributed by atoms with E-state index >= 15 is 0 Å². The predicted octanol–water partition coefficient (Wildman–Crippen LogP) is 22.0. The van der Waals surface area contributed by atoms with Gasteiger partial charge in [0.2, 0.25) is 0 Å². The third kappa shape index (κ3) is 37.0. The average Bonchev–Trinajstić information content (AvgIpc) is 3.25. The van der Waals surface area contributed by atoms with Crippen LogP contribution < -0.4 is 0 Å². The molecule has 0 radical (unpaired) electrons. The van der Waals surface area contributed by atoms with Crippen LogP contribution in [0.25, 0.3) is 0 Å². The minimum atomic E-state index is 0.750. The van der Waals surface area contributed by atoms with Crippen LogP contribution in [0.4, 0.5) is 0 Å². The lowest BCUT2D eigenvalue weighted by Gasteiger charge is -2.23. The Hall–Kier alpha value is -2.08. The van der Waals surface area contributed by atoms with E-state index in [4.69, 9.17) is 0 Å². The van der Waals surface area contributed by atoms with Gasteiger partial charge in [-0.25, -0.2) is 0 Å². The first-order chi connectivity index (χ1) is 29.2. The van der Waals surface area contributed by atoms with Crippen molar-refractivity contribution in [3.8, 4) is 0 Å². The highest BCUT2D eigenvalue weighted by atomic mass is 14.2. The van der Waals surface area contributed by atoms with Gasteiger partial charge in [-0.2, -0.15) is 0 Å². The molecule has 3 aliphatic carbocycles. The Labute approximate surface area is 387 Å². The summed E-state index contributed by atoms with van der Waals surface area (Å²) in [5, 5.41) is 0. The van der Waals surface area contributed by atoms with Gasteiger partial charge in [0.1, 0.15) is 0 Å². The molecule has 3 unspecified atom stereocenters. The number of hydrogen-bond acceptors (Lipinski definition) is 0. The summed E-state index contributed by atoms with van der Waals surface area (Å²) in [4.78, 5) is 0. The lowest BCUT2D eigenvalue weighted by Crippen LogP contribution is -2.07. The Kier molecular flexibility index (Phi) is 44.7. The van der Waals surface area contributed by atoms with Crippen LogP contribution in [0.1, 0.15) is 265 Å². The first kappa shape index (κ1) is 63.2. The van der Waals surface area contributed by atoms with E-state index in [1.165, 1.54) is 152 Å². The molecule has 0 N–H and O–H groups in total. The molecule has 0 aromatic rings. The SMILES string of the molecule is C=C(CC)C1CC=C(CC/C=C(\C)CCC)CC1.C=C(CC)C1CC=C(CC/C=C(\C)CCC=C(C)C)CC1.CC.CC.CC(C)CC(C)C.CCCC1CC=C(CC)CC1. The molecule has 3 aliphatic rings. The zero-order valence-corrected chi connectivity index (χ0v) is 45.0. The normalized spacial score (nSPS) is 18.7. The highest BCUT2D eigenvalue weighted by Gasteiger charge is 2.17. The molecule has 0 aliphatic heterocycles. The Morgan fingerprint density at radius 1 is 0.574 bits per heavy atom. The van der Waals surface area contributed by atoms with Gasteiger partial charge in [-0.05, 0) is 186 Å². The molecule has 0 nitrogen and oxygen atoms in total. The summed E-state index contributed by atoms with van der Waals surface area (Å²) in [5.41, 5.74) is 12.5. The predicted molar refractivity (Wildman–Crippen MR) is 287 cm³/mol. The monoisotopic (exact) mass is 845 g/mol. The van der Waals surface area contributed by atoms with Gasteiger partial charge in [-0.3, -0.25) is 0 Å². The first-order valence-corrected chi connectivity index (χ1v) is 26.5. The van der Waals surface area contributed by atoms with Gasteiger partial charge in [0.15, 0.2) is 0 Å². The molecular weight excluding hydrogens is 733 g/mol. The summed E-state index contributed by atoms with van der Waals surface area (Å²) in [6.07, 6.45) is 44.2. The number of hydrogen-bond donors (Lipinski definition) is 0. The van der Waals surface area contributed by atoms with Crippen molar-refractivity contribution in [3.05, 3.63) is 94.2 Å². The second-order valence-corrected chi connectivity index (χ2v) is 19.1. The van der Waals surface area contributed by atoms with E-state index < -0.39 is 0 Å². The van der Waals surface area contributed by atoms with Gasteiger partial charge < -0.3 is 0 Å². The Morgan fingerprint density at radius 2 is 1.02 bits per heavy atom. The summed E-state index contributed by atoms with van der Waals surface area (Å²) < 4.78 is 0. The van der Waals surface area contributed by atoms with Crippen molar-refractivity contribution >= 4 is 0 Å². The van der Waals surface area contributed by atoms with Gasteiger partial charge in [0.05, 0.1) is 0 Å². The maximum atomic E-state index is 4.20. The van der Waals surface area contributed by atoms with E-state index in [0.717, 1.165) is 42.4 Å². The van der Waals surface area contributed by atoms with Crippen LogP contribution in [0.5, 0.6) is 0 Å². The van der Waals surface area contributed by atoms with Crippen LogP contribution >= 0.6 is 0 Å². The first-order valence-electron chi connectivity index (χ1n) is 26.5. The smallest absolute Gasteiger partial charge is 0.0168 e. The molecule has 3 rings (SSSR count). The van der Waals surface area contributed by atoms with E-state index in [-0.39, 0.29) is 0 Å². The summed E-state index contributed by atoms with van der Waals surface area (Å²) >= 11 is 0. The Balaban J connectivity index is -0.000000759. The van der Waals surface area contributed by atoms with Crippen LogP contribution in [-0.2, 0) is 0 Å². The van der Waals surface area contributed by atoms with Crippen molar-refractivity contribution in [2.24, 2.45) is 29.6 Å². The molecular formula is C61H112. The van der Waals surface area contributed by atoms with Crippen molar-refractivity contribution in [1.82, 2.24) is 0 Å². The quantitative estimate of drug-likeness (QED) is 0.107. The third-order valence-corrected chi connectivity index (χ3v) is 12.4. The maximum absolute atomic E-state index is 4.20.